The molecule has 0 aliphatic carbocycles. The highest BCUT2D eigenvalue weighted by Gasteiger charge is 2.25. The fraction of sp³-hybridized carbons (Fsp3) is 0.533. The topological polar surface area (TPSA) is 73.6 Å². The molecule has 0 aliphatic heterocycles. The van der Waals surface area contributed by atoms with Crippen molar-refractivity contribution in [2.45, 2.75) is 32.2 Å². The number of methoxy groups -OCH3 is 2. The second-order valence-electron chi connectivity index (χ2n) is 4.97. The van der Waals surface area contributed by atoms with Crippen LogP contribution in [0.3, 0.4) is 0 Å². The minimum Gasteiger partial charge on any atom is -0.493 e. The van der Waals surface area contributed by atoms with Gasteiger partial charge in [-0.05, 0) is 37.5 Å². The third-order valence-electron chi connectivity index (χ3n) is 3.40. The molecule has 0 bridgehead atoms. The summed E-state index contributed by atoms with van der Waals surface area (Å²) in [6, 6.07) is 5.72. The van der Waals surface area contributed by atoms with Crippen molar-refractivity contribution in [3.05, 3.63) is 23.8 Å². The molecule has 0 heterocycles. The predicted molar refractivity (Wildman–Crippen MR) is 79.1 cm³/mol. The van der Waals surface area contributed by atoms with Gasteiger partial charge in [-0.1, -0.05) is 13.0 Å². The number of ether oxygens (including phenoxy) is 2. The van der Waals surface area contributed by atoms with Crippen molar-refractivity contribution in [2.24, 2.45) is 5.73 Å². The smallest absolute Gasteiger partial charge is 0.239 e. The molecule has 0 radical (unpaired) electrons. The number of nitrogens with one attached hydrogen (secondary N) is 1. The molecule has 1 aromatic rings. The number of benzene rings is 1. The molecule has 1 unspecified atom stereocenters. The molecule has 5 nitrogen and oxygen atoms in total. The van der Waals surface area contributed by atoms with E-state index in [-0.39, 0.29) is 5.91 Å². The van der Waals surface area contributed by atoms with Crippen molar-refractivity contribution in [2.75, 3.05) is 20.8 Å². The van der Waals surface area contributed by atoms with Crippen LogP contribution in [0.4, 0.5) is 0 Å². The molecular weight excluding hydrogens is 256 g/mol. The summed E-state index contributed by atoms with van der Waals surface area (Å²) in [5.41, 5.74) is 6.13. The van der Waals surface area contributed by atoms with Crippen LogP contribution in [0.25, 0.3) is 0 Å². The molecule has 0 aromatic heterocycles. The molecule has 20 heavy (non-hydrogen) atoms. The zero-order valence-electron chi connectivity index (χ0n) is 12.7. The van der Waals surface area contributed by atoms with Gasteiger partial charge in [0, 0.05) is 6.54 Å². The minimum atomic E-state index is -0.808. The van der Waals surface area contributed by atoms with E-state index in [1.54, 1.807) is 21.1 Å². The van der Waals surface area contributed by atoms with Crippen molar-refractivity contribution >= 4 is 5.91 Å². The van der Waals surface area contributed by atoms with Gasteiger partial charge in [0.25, 0.3) is 0 Å². The summed E-state index contributed by atoms with van der Waals surface area (Å²) >= 11 is 0. The summed E-state index contributed by atoms with van der Waals surface area (Å²) in [5.74, 6) is 1.26. The second-order valence-corrected chi connectivity index (χ2v) is 4.97. The van der Waals surface area contributed by atoms with Crippen LogP contribution in [0.1, 0.15) is 25.8 Å². The van der Waals surface area contributed by atoms with Crippen LogP contribution in [0.5, 0.6) is 11.5 Å². The molecular formula is C15H24N2O3. The van der Waals surface area contributed by atoms with Gasteiger partial charge < -0.3 is 20.5 Å². The van der Waals surface area contributed by atoms with Gasteiger partial charge in [-0.2, -0.15) is 0 Å². The monoisotopic (exact) mass is 280 g/mol. The SMILES string of the molecule is CCC(C)(N)C(=O)NCCc1ccc(OC)c(OC)c1. The van der Waals surface area contributed by atoms with Crippen LogP contribution >= 0.6 is 0 Å². The first-order valence-electron chi connectivity index (χ1n) is 6.72. The number of carbonyl (C=O) groups is 1. The van der Waals surface area contributed by atoms with E-state index in [1.807, 2.05) is 25.1 Å². The Morgan fingerprint density at radius 3 is 2.50 bits per heavy atom. The number of carbonyl (C=O) groups excluding carboxylic acids is 1. The Labute approximate surface area is 120 Å². The first kappa shape index (κ1) is 16.3. The summed E-state index contributed by atoms with van der Waals surface area (Å²) in [6.07, 6.45) is 1.32. The van der Waals surface area contributed by atoms with Gasteiger partial charge in [-0.3, -0.25) is 4.79 Å². The summed E-state index contributed by atoms with van der Waals surface area (Å²) in [7, 11) is 3.20. The zero-order valence-corrected chi connectivity index (χ0v) is 12.7. The molecule has 0 aliphatic rings. The van der Waals surface area contributed by atoms with Crippen LogP contribution in [0.15, 0.2) is 18.2 Å². The molecule has 0 saturated carbocycles. The number of hydrogen-bond acceptors (Lipinski definition) is 4. The Morgan fingerprint density at radius 1 is 1.30 bits per heavy atom. The van der Waals surface area contributed by atoms with E-state index in [2.05, 4.69) is 5.32 Å². The summed E-state index contributed by atoms with van der Waals surface area (Å²) in [5, 5.41) is 2.85. The van der Waals surface area contributed by atoms with Crippen molar-refractivity contribution < 1.29 is 14.3 Å². The van der Waals surface area contributed by atoms with Gasteiger partial charge in [-0.15, -0.1) is 0 Å². The third-order valence-corrected chi connectivity index (χ3v) is 3.40. The van der Waals surface area contributed by atoms with E-state index in [0.29, 0.717) is 30.9 Å². The highest BCUT2D eigenvalue weighted by molar-refractivity contribution is 5.85. The van der Waals surface area contributed by atoms with Gasteiger partial charge in [-0.25, -0.2) is 0 Å². The van der Waals surface area contributed by atoms with Crippen LogP contribution < -0.4 is 20.5 Å². The third kappa shape index (κ3) is 4.13. The average Bonchev–Trinajstić information content (AvgIpc) is 2.46. The van der Waals surface area contributed by atoms with Crippen LogP contribution in [-0.4, -0.2) is 32.2 Å². The molecule has 5 heteroatoms. The van der Waals surface area contributed by atoms with Crippen LogP contribution in [0.2, 0.25) is 0 Å². The molecule has 0 saturated heterocycles. The van der Waals surface area contributed by atoms with Crippen molar-refractivity contribution in [1.82, 2.24) is 5.32 Å². The minimum absolute atomic E-state index is 0.125. The number of nitrogens with two attached hydrogens (primary N) is 1. The lowest BCUT2D eigenvalue weighted by Crippen LogP contribution is -2.51. The van der Waals surface area contributed by atoms with Crippen LogP contribution in [-0.2, 0) is 11.2 Å². The number of rotatable bonds is 7. The second kappa shape index (κ2) is 7.14. The first-order valence-corrected chi connectivity index (χ1v) is 6.72. The fourth-order valence-corrected chi connectivity index (χ4v) is 1.72. The van der Waals surface area contributed by atoms with Crippen molar-refractivity contribution in [3.8, 4) is 11.5 Å². The molecule has 0 spiro atoms. The molecule has 1 aromatic carbocycles. The lowest BCUT2D eigenvalue weighted by atomic mass is 9.99. The molecule has 1 amide bonds. The quantitative estimate of drug-likeness (QED) is 0.793. The Kier molecular flexibility index (Phi) is 5.82. The summed E-state index contributed by atoms with van der Waals surface area (Å²) in [6.45, 7) is 4.17. The van der Waals surface area contributed by atoms with Gasteiger partial charge in [0.2, 0.25) is 5.91 Å². The van der Waals surface area contributed by atoms with Gasteiger partial charge in [0.15, 0.2) is 11.5 Å². The highest BCUT2D eigenvalue weighted by Crippen LogP contribution is 2.27. The van der Waals surface area contributed by atoms with E-state index in [0.717, 1.165) is 5.56 Å². The molecule has 1 atom stereocenters. The Balaban J connectivity index is 2.57. The maximum atomic E-state index is 11.8. The van der Waals surface area contributed by atoms with Gasteiger partial charge >= 0.3 is 0 Å². The molecule has 0 fully saturated rings. The zero-order chi connectivity index (χ0) is 15.2. The average molecular weight is 280 g/mol. The number of amides is 1. The van der Waals surface area contributed by atoms with Crippen molar-refractivity contribution in [3.63, 3.8) is 0 Å². The maximum absolute atomic E-state index is 11.8. The van der Waals surface area contributed by atoms with E-state index >= 15 is 0 Å². The van der Waals surface area contributed by atoms with E-state index in [1.165, 1.54) is 0 Å². The highest BCUT2D eigenvalue weighted by atomic mass is 16.5. The van der Waals surface area contributed by atoms with Gasteiger partial charge in [0.05, 0.1) is 19.8 Å². The lowest BCUT2D eigenvalue weighted by Gasteiger charge is -2.21. The molecule has 3 N–H and O–H groups in total. The first-order chi connectivity index (χ1) is 9.44. The summed E-state index contributed by atoms with van der Waals surface area (Å²) in [4.78, 5) is 11.8. The lowest BCUT2D eigenvalue weighted by molar-refractivity contribution is -0.125. The van der Waals surface area contributed by atoms with E-state index in [4.69, 9.17) is 15.2 Å². The normalized spacial score (nSPS) is 13.4. The number of hydrogen-bond donors (Lipinski definition) is 2. The maximum Gasteiger partial charge on any atom is 0.239 e. The summed E-state index contributed by atoms with van der Waals surface area (Å²) < 4.78 is 10.4. The molecule has 112 valence electrons. The van der Waals surface area contributed by atoms with Crippen molar-refractivity contribution in [1.29, 1.82) is 0 Å². The Hall–Kier alpha value is -1.75. The van der Waals surface area contributed by atoms with E-state index < -0.39 is 5.54 Å². The van der Waals surface area contributed by atoms with Gasteiger partial charge in [0.1, 0.15) is 0 Å². The van der Waals surface area contributed by atoms with E-state index in [9.17, 15) is 4.79 Å². The standard InChI is InChI=1S/C15H24N2O3/c1-5-15(2,16)14(18)17-9-8-11-6-7-12(19-3)13(10-11)20-4/h6-7,10H,5,8-9,16H2,1-4H3,(H,17,18). The largest absolute Gasteiger partial charge is 0.493 e. The Bertz CT molecular complexity index is 458. The van der Waals surface area contributed by atoms with Crippen LogP contribution in [0, 0.1) is 0 Å². The fourth-order valence-electron chi connectivity index (χ4n) is 1.72. The predicted octanol–water partition coefficient (Wildman–Crippen LogP) is 1.49. The molecule has 1 rings (SSSR count). The Morgan fingerprint density at radius 2 is 1.95 bits per heavy atom.